The summed E-state index contributed by atoms with van der Waals surface area (Å²) in [6, 6.07) is 4.24. The largest absolute Gasteiger partial charge is 0.506 e. The van der Waals surface area contributed by atoms with E-state index in [2.05, 4.69) is 5.29 Å². The normalized spacial score (nSPS) is 11.1. The van der Waals surface area contributed by atoms with E-state index in [0.29, 0.717) is 5.56 Å². The standard InChI is InChI=1S/C8H10N2O4S/c1-6-4-3-5-7(8(6)11)15(13,14)10(2)9-12/h3-5,11H,1-2H3. The molecule has 0 aliphatic heterocycles. The number of hydrogen-bond donors (Lipinski definition) is 1. The molecule has 7 heteroatoms. The quantitative estimate of drug-likeness (QED) is 0.620. The highest BCUT2D eigenvalue weighted by Crippen LogP contribution is 2.27. The molecule has 0 saturated heterocycles. The van der Waals surface area contributed by atoms with Crippen molar-refractivity contribution in [2.75, 3.05) is 7.05 Å². The molecule has 1 N–H and O–H groups in total. The van der Waals surface area contributed by atoms with E-state index in [-0.39, 0.29) is 15.1 Å². The highest BCUT2D eigenvalue weighted by molar-refractivity contribution is 7.89. The average molecular weight is 230 g/mol. The fraction of sp³-hybridized carbons (Fsp3) is 0.250. The summed E-state index contributed by atoms with van der Waals surface area (Å²) < 4.78 is 23.5. The zero-order valence-electron chi connectivity index (χ0n) is 8.21. The number of sulfonamides is 1. The lowest BCUT2D eigenvalue weighted by Gasteiger charge is -2.11. The van der Waals surface area contributed by atoms with Gasteiger partial charge in [0.15, 0.2) is 0 Å². The molecule has 0 fully saturated rings. The molecular weight excluding hydrogens is 220 g/mol. The first-order valence-corrected chi connectivity index (χ1v) is 5.46. The number of rotatable bonds is 3. The molecule has 0 spiro atoms. The summed E-state index contributed by atoms with van der Waals surface area (Å²) in [5, 5.41) is 11.8. The maximum atomic E-state index is 11.6. The Labute approximate surface area is 87.1 Å². The van der Waals surface area contributed by atoms with Gasteiger partial charge in [-0.3, -0.25) is 0 Å². The maximum Gasteiger partial charge on any atom is 0.284 e. The molecule has 0 unspecified atom stereocenters. The maximum absolute atomic E-state index is 11.6. The Bertz CT molecular complexity index is 483. The van der Waals surface area contributed by atoms with E-state index < -0.39 is 10.0 Å². The van der Waals surface area contributed by atoms with Gasteiger partial charge in [0.25, 0.3) is 10.0 Å². The van der Waals surface area contributed by atoms with Crippen molar-refractivity contribution in [1.29, 1.82) is 0 Å². The van der Waals surface area contributed by atoms with Gasteiger partial charge in [-0.25, -0.2) is 0 Å². The first-order valence-electron chi connectivity index (χ1n) is 4.02. The van der Waals surface area contributed by atoms with Gasteiger partial charge in [0.1, 0.15) is 10.6 Å². The Morgan fingerprint density at radius 3 is 2.53 bits per heavy atom. The number of aromatic hydroxyl groups is 1. The number of nitroso groups, excluding NO2 is 1. The molecule has 0 amide bonds. The Hall–Kier alpha value is -1.63. The van der Waals surface area contributed by atoms with Crippen LogP contribution in [0.15, 0.2) is 28.4 Å². The predicted octanol–water partition coefficient (Wildman–Crippen LogP) is 1.00. The van der Waals surface area contributed by atoms with Gasteiger partial charge in [-0.2, -0.15) is 12.8 Å². The topological polar surface area (TPSA) is 87.0 Å². The van der Waals surface area contributed by atoms with Gasteiger partial charge in [-0.05, 0) is 18.6 Å². The molecule has 82 valence electrons. The number of aryl methyl sites for hydroxylation is 1. The van der Waals surface area contributed by atoms with Crippen molar-refractivity contribution in [3.63, 3.8) is 0 Å². The summed E-state index contributed by atoms with van der Waals surface area (Å²) in [6.45, 7) is 1.56. The van der Waals surface area contributed by atoms with Crippen LogP contribution >= 0.6 is 0 Å². The van der Waals surface area contributed by atoms with Crippen molar-refractivity contribution in [1.82, 2.24) is 4.41 Å². The van der Waals surface area contributed by atoms with E-state index in [9.17, 15) is 18.4 Å². The Morgan fingerprint density at radius 2 is 2.00 bits per heavy atom. The van der Waals surface area contributed by atoms with Crippen LogP contribution in [0.1, 0.15) is 5.56 Å². The molecule has 0 aliphatic carbocycles. The van der Waals surface area contributed by atoms with Crippen LogP contribution in [0.4, 0.5) is 0 Å². The molecule has 6 nitrogen and oxygen atoms in total. The summed E-state index contributed by atoms with van der Waals surface area (Å²) in [6.07, 6.45) is 0. The van der Waals surface area contributed by atoms with E-state index in [1.165, 1.54) is 12.1 Å². The molecule has 0 saturated carbocycles. The minimum atomic E-state index is -4.04. The van der Waals surface area contributed by atoms with Gasteiger partial charge < -0.3 is 5.11 Å². The molecule has 0 atom stereocenters. The second-order valence-electron chi connectivity index (χ2n) is 2.94. The Balaban J connectivity index is 3.40. The monoisotopic (exact) mass is 230 g/mol. The third-order valence-electron chi connectivity index (χ3n) is 1.94. The predicted molar refractivity (Wildman–Crippen MR) is 53.6 cm³/mol. The molecule has 0 bridgehead atoms. The minimum Gasteiger partial charge on any atom is -0.506 e. The minimum absolute atomic E-state index is 0.265. The van der Waals surface area contributed by atoms with Gasteiger partial charge in [-0.1, -0.05) is 12.1 Å². The lowest BCUT2D eigenvalue weighted by atomic mass is 10.2. The molecule has 0 aliphatic rings. The van der Waals surface area contributed by atoms with E-state index in [4.69, 9.17) is 0 Å². The lowest BCUT2D eigenvalue weighted by Crippen LogP contribution is -2.21. The summed E-state index contributed by atoms with van der Waals surface area (Å²) >= 11 is 0. The SMILES string of the molecule is Cc1cccc(S(=O)(=O)N(C)N=O)c1O. The second kappa shape index (κ2) is 3.85. The van der Waals surface area contributed by atoms with Crippen molar-refractivity contribution in [3.05, 3.63) is 28.7 Å². The first-order chi connectivity index (χ1) is 6.91. The summed E-state index contributed by atoms with van der Waals surface area (Å²) in [7, 11) is -3.03. The molecule has 1 aromatic rings. The van der Waals surface area contributed by atoms with Crippen LogP contribution in [0.5, 0.6) is 5.75 Å². The summed E-state index contributed by atoms with van der Waals surface area (Å²) in [5.41, 5.74) is 0.412. The fourth-order valence-electron chi connectivity index (χ4n) is 1.03. The van der Waals surface area contributed by atoms with Crippen molar-refractivity contribution >= 4 is 10.0 Å². The molecular formula is C8H10N2O4S. The van der Waals surface area contributed by atoms with Crippen LogP contribution in [0.25, 0.3) is 0 Å². The third kappa shape index (κ3) is 1.91. The Morgan fingerprint density at radius 1 is 1.40 bits per heavy atom. The highest BCUT2D eigenvalue weighted by atomic mass is 32.2. The molecule has 1 aromatic carbocycles. The van der Waals surface area contributed by atoms with Crippen LogP contribution < -0.4 is 0 Å². The Kier molecular flexibility index (Phi) is 2.94. The van der Waals surface area contributed by atoms with Gasteiger partial charge in [0, 0.05) is 7.05 Å². The number of phenolic OH excluding ortho intramolecular Hbond substituents is 1. The van der Waals surface area contributed by atoms with Crippen LogP contribution in [0, 0.1) is 11.8 Å². The number of nitrogens with zero attached hydrogens (tertiary/aromatic N) is 2. The zero-order chi connectivity index (χ0) is 11.6. The van der Waals surface area contributed by atoms with E-state index in [0.717, 1.165) is 7.05 Å². The molecule has 0 aromatic heterocycles. The van der Waals surface area contributed by atoms with Crippen molar-refractivity contribution in [3.8, 4) is 5.75 Å². The van der Waals surface area contributed by atoms with E-state index >= 15 is 0 Å². The summed E-state index contributed by atoms with van der Waals surface area (Å²) in [4.78, 5) is 9.81. The zero-order valence-corrected chi connectivity index (χ0v) is 9.02. The smallest absolute Gasteiger partial charge is 0.284 e. The average Bonchev–Trinajstić information content (AvgIpc) is 2.20. The van der Waals surface area contributed by atoms with E-state index in [1.807, 2.05) is 0 Å². The van der Waals surface area contributed by atoms with E-state index in [1.54, 1.807) is 13.0 Å². The third-order valence-corrected chi connectivity index (χ3v) is 3.59. The number of benzene rings is 1. The number of para-hydroxylation sites is 1. The summed E-state index contributed by atoms with van der Waals surface area (Å²) in [5.74, 6) is -0.368. The van der Waals surface area contributed by atoms with Gasteiger partial charge in [0.05, 0.1) is 5.29 Å². The number of hydrogen-bond acceptors (Lipinski definition) is 5. The molecule has 0 heterocycles. The van der Waals surface area contributed by atoms with Crippen molar-refractivity contribution < 1.29 is 13.5 Å². The second-order valence-corrected chi connectivity index (χ2v) is 4.86. The highest BCUT2D eigenvalue weighted by Gasteiger charge is 2.24. The van der Waals surface area contributed by atoms with Crippen molar-refractivity contribution in [2.45, 2.75) is 11.8 Å². The number of phenols is 1. The van der Waals surface area contributed by atoms with Crippen LogP contribution in [0.3, 0.4) is 0 Å². The van der Waals surface area contributed by atoms with Crippen LogP contribution in [-0.2, 0) is 10.0 Å². The molecule has 15 heavy (non-hydrogen) atoms. The first kappa shape index (κ1) is 11.4. The van der Waals surface area contributed by atoms with Gasteiger partial charge >= 0.3 is 0 Å². The van der Waals surface area contributed by atoms with Gasteiger partial charge in [-0.15, -0.1) is 4.91 Å². The lowest BCUT2D eigenvalue weighted by molar-refractivity contribution is 0.442. The molecule has 1 rings (SSSR count). The van der Waals surface area contributed by atoms with Crippen LogP contribution in [-0.4, -0.2) is 25.0 Å². The van der Waals surface area contributed by atoms with Gasteiger partial charge in [0.2, 0.25) is 0 Å². The van der Waals surface area contributed by atoms with Crippen molar-refractivity contribution in [2.24, 2.45) is 5.29 Å². The molecule has 0 radical (unpaired) electrons. The fourth-order valence-corrected chi connectivity index (χ4v) is 2.05. The van der Waals surface area contributed by atoms with Crippen LogP contribution in [0.2, 0.25) is 0 Å².